The summed E-state index contributed by atoms with van der Waals surface area (Å²) in [5, 5.41) is 9.40. The van der Waals surface area contributed by atoms with Crippen LogP contribution in [-0.4, -0.2) is 77.7 Å². The van der Waals surface area contributed by atoms with Gasteiger partial charge in [0.2, 0.25) is 5.91 Å². The standard InChI is InChI=1S/C17H22N4O9S/c22-7-8-29-14-4-2-1-3-11(14)9-15(23)18-19-16(24)13-6-5-12-10-20(13)17(25)21(12)30-31(26,27)28/h1-4,12-13,22H,5-10H2,(H,18,23)(H,19,24)(H,26,27,28)/t12-,13+/m1/s1. The van der Waals surface area contributed by atoms with Crippen LogP contribution in [0.3, 0.4) is 0 Å². The van der Waals surface area contributed by atoms with Gasteiger partial charge in [-0.2, -0.15) is 13.5 Å². The van der Waals surface area contributed by atoms with E-state index in [9.17, 15) is 22.8 Å². The van der Waals surface area contributed by atoms with E-state index in [1.54, 1.807) is 24.3 Å². The Morgan fingerprint density at radius 2 is 1.94 bits per heavy atom. The van der Waals surface area contributed by atoms with E-state index in [-0.39, 0.29) is 39.0 Å². The molecule has 170 valence electrons. The van der Waals surface area contributed by atoms with E-state index in [0.29, 0.717) is 16.4 Å². The third-order valence-electron chi connectivity index (χ3n) is 4.80. The number of nitrogens with one attached hydrogen (secondary N) is 2. The highest BCUT2D eigenvalue weighted by Gasteiger charge is 2.49. The lowest BCUT2D eigenvalue weighted by Gasteiger charge is -2.29. The van der Waals surface area contributed by atoms with E-state index >= 15 is 0 Å². The van der Waals surface area contributed by atoms with Gasteiger partial charge in [0.15, 0.2) is 0 Å². The molecule has 1 aromatic carbocycles. The lowest BCUT2D eigenvalue weighted by Crippen LogP contribution is -2.54. The van der Waals surface area contributed by atoms with Gasteiger partial charge in [-0.25, -0.2) is 4.79 Å². The Kier molecular flexibility index (Phi) is 6.94. The van der Waals surface area contributed by atoms with Crippen LogP contribution in [0.5, 0.6) is 5.75 Å². The number of hydrogen-bond acceptors (Lipinski definition) is 8. The zero-order valence-corrected chi connectivity index (χ0v) is 17.1. The maximum atomic E-state index is 12.5. The molecule has 2 heterocycles. The quantitative estimate of drug-likeness (QED) is 0.274. The predicted molar refractivity (Wildman–Crippen MR) is 102 cm³/mol. The molecule has 3 rings (SSSR count). The first-order valence-corrected chi connectivity index (χ1v) is 10.7. The SMILES string of the molecule is O=C(Cc1ccccc1OCCO)NNC(=O)[C@@H]1CC[C@@H]2CN1C(=O)N2OS(=O)(=O)O. The number of aliphatic hydroxyl groups is 1. The van der Waals surface area contributed by atoms with Crippen LogP contribution >= 0.6 is 0 Å². The second-order valence-corrected chi connectivity index (χ2v) is 7.91. The molecule has 0 aliphatic carbocycles. The topological polar surface area (TPSA) is 175 Å². The molecule has 31 heavy (non-hydrogen) atoms. The van der Waals surface area contributed by atoms with Crippen LogP contribution in [0.25, 0.3) is 0 Å². The molecule has 2 atom stereocenters. The van der Waals surface area contributed by atoms with Gasteiger partial charge in [0.1, 0.15) is 18.4 Å². The van der Waals surface area contributed by atoms with Crippen LogP contribution in [0, 0.1) is 0 Å². The molecule has 4 amide bonds. The van der Waals surface area contributed by atoms with Crippen molar-refractivity contribution in [2.45, 2.75) is 31.3 Å². The fourth-order valence-corrected chi connectivity index (χ4v) is 3.87. The summed E-state index contributed by atoms with van der Waals surface area (Å²) in [6.45, 7) is -0.0725. The molecule has 4 N–H and O–H groups in total. The van der Waals surface area contributed by atoms with Gasteiger partial charge in [-0.05, 0) is 18.9 Å². The van der Waals surface area contributed by atoms with Gasteiger partial charge < -0.3 is 14.7 Å². The van der Waals surface area contributed by atoms with Crippen molar-refractivity contribution in [3.63, 3.8) is 0 Å². The molecule has 2 aliphatic rings. The summed E-state index contributed by atoms with van der Waals surface area (Å²) < 4.78 is 40.3. The van der Waals surface area contributed by atoms with Gasteiger partial charge in [0.05, 0.1) is 19.1 Å². The van der Waals surface area contributed by atoms with Gasteiger partial charge in [0.25, 0.3) is 5.91 Å². The van der Waals surface area contributed by atoms with Crippen LogP contribution in [0.2, 0.25) is 0 Å². The summed E-state index contributed by atoms with van der Waals surface area (Å²) in [6, 6.07) is 4.31. The normalized spacial score (nSPS) is 20.5. The number of rotatable bonds is 8. The number of piperidine rings is 1. The molecule has 0 aromatic heterocycles. The Hall–Kier alpha value is -2.94. The first-order valence-electron chi connectivity index (χ1n) is 9.36. The summed E-state index contributed by atoms with van der Waals surface area (Å²) in [7, 11) is -4.88. The van der Waals surface area contributed by atoms with Gasteiger partial charge in [-0.1, -0.05) is 18.2 Å². The highest BCUT2D eigenvalue weighted by molar-refractivity contribution is 7.80. The minimum atomic E-state index is -4.88. The molecule has 2 aliphatic heterocycles. The Morgan fingerprint density at radius 3 is 2.65 bits per heavy atom. The Morgan fingerprint density at radius 1 is 1.19 bits per heavy atom. The zero-order valence-electron chi connectivity index (χ0n) is 16.3. The van der Waals surface area contributed by atoms with Crippen molar-refractivity contribution in [1.82, 2.24) is 20.8 Å². The van der Waals surface area contributed by atoms with Crippen LogP contribution in [0.1, 0.15) is 18.4 Å². The minimum absolute atomic E-state index is 0.0377. The fourth-order valence-electron chi connectivity index (χ4n) is 3.48. The van der Waals surface area contributed by atoms with Crippen LogP contribution in [0.15, 0.2) is 24.3 Å². The molecular formula is C17H22N4O9S. The molecule has 0 spiro atoms. The smallest absolute Gasteiger partial charge is 0.418 e. The number of para-hydroxylation sites is 1. The van der Waals surface area contributed by atoms with Gasteiger partial charge in [-0.3, -0.25) is 25.0 Å². The number of fused-ring (bicyclic) bond motifs is 2. The first kappa shape index (κ1) is 22.7. The van der Waals surface area contributed by atoms with Crippen molar-refractivity contribution < 1.29 is 41.5 Å². The Labute approximate surface area is 177 Å². The highest BCUT2D eigenvalue weighted by Crippen LogP contribution is 2.30. The van der Waals surface area contributed by atoms with Crippen molar-refractivity contribution in [2.75, 3.05) is 19.8 Å². The van der Waals surface area contributed by atoms with Gasteiger partial charge in [0, 0.05) is 12.1 Å². The molecule has 14 heteroatoms. The predicted octanol–water partition coefficient (Wildman–Crippen LogP) is -1.25. The molecule has 0 radical (unpaired) electrons. The second kappa shape index (κ2) is 9.47. The summed E-state index contributed by atoms with van der Waals surface area (Å²) in [5.74, 6) is -0.761. The summed E-state index contributed by atoms with van der Waals surface area (Å²) in [5.41, 5.74) is 5.09. The van der Waals surface area contributed by atoms with Crippen molar-refractivity contribution in [1.29, 1.82) is 0 Å². The van der Waals surface area contributed by atoms with Crippen molar-refractivity contribution >= 4 is 28.2 Å². The second-order valence-electron chi connectivity index (χ2n) is 6.90. The molecule has 1 aromatic rings. The molecule has 0 unspecified atom stereocenters. The van der Waals surface area contributed by atoms with Gasteiger partial charge in [-0.15, -0.1) is 4.28 Å². The number of benzene rings is 1. The molecule has 2 saturated heterocycles. The van der Waals surface area contributed by atoms with Crippen molar-refractivity contribution in [2.24, 2.45) is 0 Å². The van der Waals surface area contributed by atoms with Crippen molar-refractivity contribution in [3.8, 4) is 5.75 Å². The third kappa shape index (κ3) is 5.61. The first-order chi connectivity index (χ1) is 14.7. The van der Waals surface area contributed by atoms with E-state index in [1.165, 1.54) is 0 Å². The van der Waals surface area contributed by atoms with E-state index in [2.05, 4.69) is 15.1 Å². The Bertz CT molecular complexity index is 955. The maximum Gasteiger partial charge on any atom is 0.418 e. The summed E-state index contributed by atoms with van der Waals surface area (Å²) in [6.07, 6.45) is 0.369. The number of urea groups is 1. The third-order valence-corrected chi connectivity index (χ3v) is 5.15. The molecule has 2 bridgehead atoms. The average molecular weight is 458 g/mol. The number of amides is 4. The number of nitrogens with zero attached hydrogens (tertiary/aromatic N) is 2. The van der Waals surface area contributed by atoms with E-state index in [1.807, 2.05) is 0 Å². The summed E-state index contributed by atoms with van der Waals surface area (Å²) >= 11 is 0. The number of carbonyl (C=O) groups excluding carboxylic acids is 3. The monoisotopic (exact) mass is 458 g/mol. The molecular weight excluding hydrogens is 436 g/mol. The zero-order chi connectivity index (χ0) is 22.6. The lowest BCUT2D eigenvalue weighted by atomic mass is 10.0. The van der Waals surface area contributed by atoms with Crippen molar-refractivity contribution in [3.05, 3.63) is 29.8 Å². The van der Waals surface area contributed by atoms with Crippen LogP contribution in [0.4, 0.5) is 4.79 Å². The van der Waals surface area contributed by atoms with E-state index in [4.69, 9.17) is 14.4 Å². The van der Waals surface area contributed by atoms with E-state index < -0.39 is 40.3 Å². The fraction of sp³-hybridized carbons (Fsp3) is 0.471. The average Bonchev–Trinajstić information content (AvgIpc) is 2.95. The van der Waals surface area contributed by atoms with E-state index in [0.717, 1.165) is 4.90 Å². The number of hydrazine groups is 1. The largest absolute Gasteiger partial charge is 0.491 e. The summed E-state index contributed by atoms with van der Waals surface area (Å²) in [4.78, 5) is 38.2. The number of carbonyl (C=O) groups is 3. The number of aliphatic hydroxyl groups excluding tert-OH is 1. The number of ether oxygens (including phenoxy) is 1. The molecule has 13 nitrogen and oxygen atoms in total. The minimum Gasteiger partial charge on any atom is -0.491 e. The Balaban J connectivity index is 1.55. The van der Waals surface area contributed by atoms with Gasteiger partial charge >= 0.3 is 16.4 Å². The molecule has 2 fully saturated rings. The molecule has 0 saturated carbocycles. The highest BCUT2D eigenvalue weighted by atomic mass is 32.3. The maximum absolute atomic E-state index is 12.5. The number of hydrogen-bond donors (Lipinski definition) is 4. The van der Waals surface area contributed by atoms with Crippen LogP contribution in [-0.2, 0) is 30.7 Å². The van der Waals surface area contributed by atoms with Crippen LogP contribution < -0.4 is 15.6 Å². The lowest BCUT2D eigenvalue weighted by molar-refractivity contribution is -0.131. The number of hydroxylamine groups is 2.